The molecule has 30 heavy (non-hydrogen) atoms. The van der Waals surface area contributed by atoms with Crippen LogP contribution in [0.3, 0.4) is 0 Å². The van der Waals surface area contributed by atoms with E-state index in [9.17, 15) is 13.2 Å². The number of fused-ring (bicyclic) bond motifs is 1. The number of carbonyl (C=O) groups excluding carboxylic acids is 1. The van der Waals surface area contributed by atoms with Crippen LogP contribution >= 0.6 is 0 Å². The molecule has 0 N–H and O–H groups in total. The standard InChI is InChI=1S/C23H33N3O3S/c27-23(19-25-13-6-10-21-9-4-5-11-22(21)25)24-14-16-26(17-15-24)30(28,29)18-12-20-7-2-1-3-8-20/h1-3,7-8,12,18,21-22H,4-6,9-11,13-17,19H2/b18-12+/t21-,22+/m1/s1. The number of nitrogens with zero attached hydrogens (tertiary/aromatic N) is 3. The minimum atomic E-state index is -3.47. The zero-order valence-corrected chi connectivity index (χ0v) is 18.5. The third-order valence-corrected chi connectivity index (χ3v) is 8.44. The molecule has 2 atom stereocenters. The highest BCUT2D eigenvalue weighted by Crippen LogP contribution is 2.35. The predicted molar refractivity (Wildman–Crippen MR) is 119 cm³/mol. The van der Waals surface area contributed by atoms with E-state index in [0.717, 1.165) is 18.0 Å². The normalized spacial score (nSPS) is 26.6. The lowest BCUT2D eigenvalue weighted by molar-refractivity contribution is -0.135. The first-order valence-corrected chi connectivity index (χ1v) is 12.8. The maximum atomic E-state index is 12.9. The summed E-state index contributed by atoms with van der Waals surface area (Å²) in [7, 11) is -3.47. The molecule has 164 valence electrons. The monoisotopic (exact) mass is 431 g/mol. The largest absolute Gasteiger partial charge is 0.339 e. The summed E-state index contributed by atoms with van der Waals surface area (Å²) in [4.78, 5) is 17.2. The van der Waals surface area contributed by atoms with E-state index >= 15 is 0 Å². The van der Waals surface area contributed by atoms with Crippen LogP contribution in [-0.4, -0.2) is 73.7 Å². The van der Waals surface area contributed by atoms with Crippen LogP contribution in [0.4, 0.5) is 0 Å². The molecule has 1 saturated carbocycles. The second-order valence-corrected chi connectivity index (χ2v) is 10.6. The molecule has 1 amide bonds. The fourth-order valence-electron chi connectivity index (χ4n) is 5.20. The van der Waals surface area contributed by atoms with E-state index < -0.39 is 10.0 Å². The quantitative estimate of drug-likeness (QED) is 0.719. The van der Waals surface area contributed by atoms with Crippen molar-refractivity contribution in [3.63, 3.8) is 0 Å². The van der Waals surface area contributed by atoms with Gasteiger partial charge in [0.15, 0.2) is 0 Å². The maximum Gasteiger partial charge on any atom is 0.236 e. The molecular weight excluding hydrogens is 398 g/mol. The summed E-state index contributed by atoms with van der Waals surface area (Å²) in [6.07, 6.45) is 9.26. The smallest absolute Gasteiger partial charge is 0.236 e. The van der Waals surface area contributed by atoms with Crippen molar-refractivity contribution in [2.45, 2.75) is 44.6 Å². The molecule has 1 aromatic rings. The molecule has 4 rings (SSSR count). The van der Waals surface area contributed by atoms with Gasteiger partial charge in [0, 0.05) is 37.6 Å². The van der Waals surface area contributed by atoms with Crippen molar-refractivity contribution in [1.82, 2.24) is 14.1 Å². The third-order valence-electron chi connectivity index (χ3n) is 6.88. The zero-order valence-electron chi connectivity index (χ0n) is 17.7. The van der Waals surface area contributed by atoms with Gasteiger partial charge in [-0.1, -0.05) is 43.2 Å². The Kier molecular flexibility index (Phi) is 6.91. The number of piperazine rings is 1. The Labute approximate surface area is 180 Å². The predicted octanol–water partition coefficient (Wildman–Crippen LogP) is 2.79. The van der Waals surface area contributed by atoms with E-state index in [1.165, 1.54) is 48.2 Å². The lowest BCUT2D eigenvalue weighted by Gasteiger charge is -2.44. The lowest BCUT2D eigenvalue weighted by Crippen LogP contribution is -2.55. The van der Waals surface area contributed by atoms with Gasteiger partial charge < -0.3 is 4.90 Å². The average Bonchev–Trinajstić information content (AvgIpc) is 2.79. The highest BCUT2D eigenvalue weighted by molar-refractivity contribution is 7.92. The molecule has 0 unspecified atom stereocenters. The van der Waals surface area contributed by atoms with E-state index in [4.69, 9.17) is 0 Å². The van der Waals surface area contributed by atoms with Crippen LogP contribution in [0.1, 0.15) is 44.1 Å². The summed E-state index contributed by atoms with van der Waals surface area (Å²) in [6.45, 7) is 3.17. The summed E-state index contributed by atoms with van der Waals surface area (Å²) in [5, 5.41) is 1.27. The first-order chi connectivity index (χ1) is 14.5. The van der Waals surface area contributed by atoms with Crippen molar-refractivity contribution in [1.29, 1.82) is 0 Å². The molecule has 2 saturated heterocycles. The Balaban J connectivity index is 1.29. The van der Waals surface area contributed by atoms with Gasteiger partial charge in [-0.15, -0.1) is 0 Å². The van der Waals surface area contributed by atoms with E-state index in [2.05, 4.69) is 4.90 Å². The maximum absolute atomic E-state index is 12.9. The van der Waals surface area contributed by atoms with Crippen molar-refractivity contribution >= 4 is 22.0 Å². The van der Waals surface area contributed by atoms with Crippen molar-refractivity contribution in [3.05, 3.63) is 41.3 Å². The van der Waals surface area contributed by atoms with Crippen LogP contribution in [0.5, 0.6) is 0 Å². The summed E-state index contributed by atoms with van der Waals surface area (Å²) in [5.74, 6) is 0.914. The van der Waals surface area contributed by atoms with Crippen LogP contribution < -0.4 is 0 Å². The summed E-state index contributed by atoms with van der Waals surface area (Å²) >= 11 is 0. The fourth-order valence-corrected chi connectivity index (χ4v) is 6.38. The van der Waals surface area contributed by atoms with Gasteiger partial charge in [0.2, 0.25) is 15.9 Å². The van der Waals surface area contributed by atoms with Crippen LogP contribution in [0.15, 0.2) is 35.7 Å². The Morgan fingerprint density at radius 3 is 2.40 bits per heavy atom. The van der Waals surface area contributed by atoms with Gasteiger partial charge in [-0.25, -0.2) is 8.42 Å². The Bertz CT molecular complexity index is 846. The van der Waals surface area contributed by atoms with Gasteiger partial charge in [-0.2, -0.15) is 4.31 Å². The first-order valence-electron chi connectivity index (χ1n) is 11.3. The molecule has 0 spiro atoms. The number of amides is 1. The number of sulfonamides is 1. The number of likely N-dealkylation sites (tertiary alicyclic amines) is 1. The lowest BCUT2D eigenvalue weighted by atomic mass is 9.78. The van der Waals surface area contributed by atoms with Gasteiger partial charge in [-0.05, 0) is 49.8 Å². The van der Waals surface area contributed by atoms with E-state index in [-0.39, 0.29) is 5.91 Å². The van der Waals surface area contributed by atoms with Crippen molar-refractivity contribution < 1.29 is 13.2 Å². The molecule has 1 aliphatic carbocycles. The molecule has 7 heteroatoms. The molecule has 3 fully saturated rings. The van der Waals surface area contributed by atoms with Gasteiger partial charge in [0.1, 0.15) is 0 Å². The molecule has 0 bridgehead atoms. The summed E-state index contributed by atoms with van der Waals surface area (Å²) < 4.78 is 26.8. The third kappa shape index (κ3) is 5.13. The number of piperidine rings is 1. The van der Waals surface area contributed by atoms with E-state index in [1.807, 2.05) is 35.2 Å². The van der Waals surface area contributed by atoms with Crippen LogP contribution in [0, 0.1) is 5.92 Å². The molecule has 1 aromatic carbocycles. The van der Waals surface area contributed by atoms with Gasteiger partial charge >= 0.3 is 0 Å². The molecule has 0 radical (unpaired) electrons. The molecule has 2 heterocycles. The second kappa shape index (κ2) is 9.62. The molecular formula is C23H33N3O3S. The highest BCUT2D eigenvalue weighted by Gasteiger charge is 2.35. The van der Waals surface area contributed by atoms with Crippen molar-refractivity contribution in [2.75, 3.05) is 39.3 Å². The minimum absolute atomic E-state index is 0.151. The van der Waals surface area contributed by atoms with E-state index in [1.54, 1.807) is 6.08 Å². The van der Waals surface area contributed by atoms with Crippen LogP contribution in [-0.2, 0) is 14.8 Å². The summed E-state index contributed by atoms with van der Waals surface area (Å²) in [5.41, 5.74) is 0.859. The number of hydrogen-bond donors (Lipinski definition) is 0. The Hall–Kier alpha value is -1.70. The molecule has 2 aliphatic heterocycles. The fraction of sp³-hybridized carbons (Fsp3) is 0.609. The van der Waals surface area contributed by atoms with Gasteiger partial charge in [-0.3, -0.25) is 9.69 Å². The molecule has 0 aromatic heterocycles. The van der Waals surface area contributed by atoms with Crippen molar-refractivity contribution in [2.24, 2.45) is 5.92 Å². The first kappa shape index (κ1) is 21.5. The number of rotatable bonds is 5. The van der Waals surface area contributed by atoms with Gasteiger partial charge in [0.25, 0.3) is 0 Å². The second-order valence-electron chi connectivity index (χ2n) is 8.76. The SMILES string of the molecule is O=C(CN1CCC[C@H]2CCCC[C@@H]21)N1CCN(S(=O)(=O)/C=C/c2ccccc2)CC1. The topological polar surface area (TPSA) is 60.9 Å². The van der Waals surface area contributed by atoms with Crippen LogP contribution in [0.25, 0.3) is 6.08 Å². The molecule has 6 nitrogen and oxygen atoms in total. The van der Waals surface area contributed by atoms with Crippen LogP contribution in [0.2, 0.25) is 0 Å². The summed E-state index contributed by atoms with van der Waals surface area (Å²) in [6, 6.07) is 9.99. The highest BCUT2D eigenvalue weighted by atomic mass is 32.2. The van der Waals surface area contributed by atoms with E-state index in [0.29, 0.717) is 38.8 Å². The van der Waals surface area contributed by atoms with Gasteiger partial charge in [0.05, 0.1) is 6.54 Å². The minimum Gasteiger partial charge on any atom is -0.339 e. The Morgan fingerprint density at radius 2 is 1.63 bits per heavy atom. The average molecular weight is 432 g/mol. The Morgan fingerprint density at radius 1 is 0.933 bits per heavy atom. The molecule has 3 aliphatic rings. The zero-order chi connectivity index (χ0) is 21.0. The van der Waals surface area contributed by atoms with Crippen molar-refractivity contribution in [3.8, 4) is 0 Å². The number of hydrogen-bond acceptors (Lipinski definition) is 4. The number of benzene rings is 1. The number of carbonyl (C=O) groups is 1.